The molecule has 0 saturated heterocycles. The number of carbonyl (C=O) groups is 1. The van der Waals surface area contributed by atoms with Gasteiger partial charge in [0.05, 0.1) is 11.9 Å². The van der Waals surface area contributed by atoms with Gasteiger partial charge in [0, 0.05) is 12.7 Å². The number of aromatic nitrogens is 3. The number of pyridine rings is 1. The van der Waals surface area contributed by atoms with E-state index in [1.165, 1.54) is 6.20 Å². The summed E-state index contributed by atoms with van der Waals surface area (Å²) in [4.78, 5) is 15.5. The zero-order valence-electron chi connectivity index (χ0n) is 11.7. The Labute approximate surface area is 126 Å². The summed E-state index contributed by atoms with van der Waals surface area (Å²) in [5.41, 5.74) is 2.90. The first-order valence-corrected chi connectivity index (χ1v) is 6.75. The number of H-pyrrole nitrogens is 1. The van der Waals surface area contributed by atoms with E-state index in [9.17, 15) is 9.90 Å². The van der Waals surface area contributed by atoms with E-state index in [4.69, 9.17) is 0 Å². The highest BCUT2D eigenvalue weighted by atomic mass is 16.4. The van der Waals surface area contributed by atoms with Gasteiger partial charge in [-0.05, 0) is 17.7 Å². The predicted octanol–water partition coefficient (Wildman–Crippen LogP) is 2.78. The molecule has 0 atom stereocenters. The van der Waals surface area contributed by atoms with Gasteiger partial charge in [-0.3, -0.25) is 10.1 Å². The average Bonchev–Trinajstić information content (AvgIpc) is 3.04. The molecule has 3 rings (SSSR count). The van der Waals surface area contributed by atoms with Crippen molar-refractivity contribution in [2.75, 3.05) is 5.32 Å². The number of hydrogen-bond acceptors (Lipinski definition) is 4. The molecule has 0 bridgehead atoms. The summed E-state index contributed by atoms with van der Waals surface area (Å²) in [6.45, 7) is 0.621. The van der Waals surface area contributed by atoms with Gasteiger partial charge in [0.1, 0.15) is 17.0 Å². The molecule has 0 spiro atoms. The highest BCUT2D eigenvalue weighted by Crippen LogP contribution is 2.26. The van der Waals surface area contributed by atoms with Crippen molar-refractivity contribution in [3.8, 4) is 11.4 Å². The van der Waals surface area contributed by atoms with Gasteiger partial charge in [-0.25, -0.2) is 4.79 Å². The van der Waals surface area contributed by atoms with Gasteiger partial charge in [-0.1, -0.05) is 30.3 Å². The zero-order valence-corrected chi connectivity index (χ0v) is 11.7. The van der Waals surface area contributed by atoms with Crippen molar-refractivity contribution >= 4 is 11.7 Å². The smallest absolute Gasteiger partial charge is 0.339 e. The van der Waals surface area contributed by atoms with Gasteiger partial charge >= 0.3 is 5.97 Å². The molecule has 0 aliphatic heterocycles. The molecule has 0 radical (unpaired) electrons. The fourth-order valence-electron chi connectivity index (χ4n) is 2.17. The third-order valence-corrected chi connectivity index (χ3v) is 3.24. The molecule has 22 heavy (non-hydrogen) atoms. The number of nitrogens with one attached hydrogen (secondary N) is 2. The second-order valence-corrected chi connectivity index (χ2v) is 4.70. The third kappa shape index (κ3) is 2.80. The van der Waals surface area contributed by atoms with Crippen LogP contribution in [0.3, 0.4) is 0 Å². The van der Waals surface area contributed by atoms with E-state index in [0.29, 0.717) is 17.9 Å². The van der Waals surface area contributed by atoms with Crippen LogP contribution in [0.1, 0.15) is 15.9 Å². The summed E-state index contributed by atoms with van der Waals surface area (Å²) in [5.74, 6) is -1.04. The SMILES string of the molecule is O=C(O)c1cn[nH]c1-c1ncccc1NCc1ccccc1. The number of nitrogens with zero attached hydrogens (tertiary/aromatic N) is 2. The van der Waals surface area contributed by atoms with Crippen LogP contribution in [0.25, 0.3) is 11.4 Å². The van der Waals surface area contributed by atoms with E-state index in [2.05, 4.69) is 20.5 Å². The second kappa shape index (κ2) is 6.09. The number of aromatic carboxylic acids is 1. The summed E-state index contributed by atoms with van der Waals surface area (Å²) in [7, 11) is 0. The van der Waals surface area contributed by atoms with Crippen LogP contribution >= 0.6 is 0 Å². The van der Waals surface area contributed by atoms with Crippen LogP contribution in [-0.2, 0) is 6.54 Å². The first-order valence-electron chi connectivity index (χ1n) is 6.75. The summed E-state index contributed by atoms with van der Waals surface area (Å²) >= 11 is 0. The van der Waals surface area contributed by atoms with Crippen LogP contribution in [0.5, 0.6) is 0 Å². The fourth-order valence-corrected chi connectivity index (χ4v) is 2.17. The lowest BCUT2D eigenvalue weighted by molar-refractivity contribution is 0.0698. The summed E-state index contributed by atoms with van der Waals surface area (Å²) in [5, 5.41) is 19.0. The summed E-state index contributed by atoms with van der Waals surface area (Å²) in [6, 6.07) is 13.6. The number of benzene rings is 1. The Morgan fingerprint density at radius 1 is 1.18 bits per heavy atom. The van der Waals surface area contributed by atoms with E-state index < -0.39 is 5.97 Å². The van der Waals surface area contributed by atoms with E-state index in [-0.39, 0.29) is 5.56 Å². The molecule has 0 unspecified atom stereocenters. The molecule has 2 heterocycles. The fraction of sp³-hybridized carbons (Fsp3) is 0.0625. The minimum atomic E-state index is -1.04. The van der Waals surface area contributed by atoms with Gasteiger partial charge in [0.2, 0.25) is 0 Å². The largest absolute Gasteiger partial charge is 0.478 e. The minimum Gasteiger partial charge on any atom is -0.478 e. The first kappa shape index (κ1) is 13.8. The lowest BCUT2D eigenvalue weighted by Crippen LogP contribution is -2.04. The Morgan fingerprint density at radius 3 is 2.77 bits per heavy atom. The molecule has 0 amide bonds. The molecule has 6 heteroatoms. The van der Waals surface area contributed by atoms with Gasteiger partial charge in [-0.2, -0.15) is 5.10 Å². The Balaban J connectivity index is 1.90. The topological polar surface area (TPSA) is 90.9 Å². The molecule has 0 aliphatic carbocycles. The third-order valence-electron chi connectivity index (χ3n) is 3.24. The number of hydrogen-bond donors (Lipinski definition) is 3. The van der Waals surface area contributed by atoms with Gasteiger partial charge in [0.25, 0.3) is 0 Å². The number of aromatic amines is 1. The molecule has 1 aromatic carbocycles. The summed E-state index contributed by atoms with van der Waals surface area (Å²) < 4.78 is 0. The highest BCUT2D eigenvalue weighted by Gasteiger charge is 2.17. The van der Waals surface area contributed by atoms with Crippen LogP contribution < -0.4 is 5.32 Å². The zero-order chi connectivity index (χ0) is 15.4. The van der Waals surface area contributed by atoms with E-state index in [1.54, 1.807) is 12.3 Å². The quantitative estimate of drug-likeness (QED) is 0.673. The van der Waals surface area contributed by atoms with Crippen molar-refractivity contribution in [3.63, 3.8) is 0 Å². The first-order chi connectivity index (χ1) is 10.8. The predicted molar refractivity (Wildman–Crippen MR) is 82.5 cm³/mol. The highest BCUT2D eigenvalue weighted by molar-refractivity contribution is 5.95. The maximum atomic E-state index is 11.2. The van der Waals surface area contributed by atoms with Crippen LogP contribution in [0, 0.1) is 0 Å². The molecular formula is C16H14N4O2. The monoisotopic (exact) mass is 294 g/mol. The van der Waals surface area contributed by atoms with E-state index in [1.807, 2.05) is 36.4 Å². The molecule has 0 aliphatic rings. The van der Waals surface area contributed by atoms with Gasteiger partial charge < -0.3 is 10.4 Å². The molecule has 110 valence electrons. The van der Waals surface area contributed by atoms with Crippen LogP contribution in [-0.4, -0.2) is 26.3 Å². The van der Waals surface area contributed by atoms with Crippen molar-refractivity contribution < 1.29 is 9.90 Å². The summed E-state index contributed by atoms with van der Waals surface area (Å²) in [6.07, 6.45) is 2.91. The number of anilines is 1. The van der Waals surface area contributed by atoms with Crippen LogP contribution in [0.2, 0.25) is 0 Å². The van der Waals surface area contributed by atoms with Gasteiger partial charge in [-0.15, -0.1) is 0 Å². The second-order valence-electron chi connectivity index (χ2n) is 4.70. The Kier molecular flexibility index (Phi) is 3.82. The van der Waals surface area contributed by atoms with Crippen molar-refractivity contribution in [3.05, 3.63) is 66.0 Å². The minimum absolute atomic E-state index is 0.0986. The molecule has 0 saturated carbocycles. The normalized spacial score (nSPS) is 10.4. The maximum Gasteiger partial charge on any atom is 0.339 e. The molecule has 0 fully saturated rings. The van der Waals surface area contributed by atoms with Crippen molar-refractivity contribution in [1.29, 1.82) is 0 Å². The van der Waals surface area contributed by atoms with E-state index >= 15 is 0 Å². The van der Waals surface area contributed by atoms with Gasteiger partial charge in [0.15, 0.2) is 0 Å². The molecular weight excluding hydrogens is 280 g/mol. The Hall–Kier alpha value is -3.15. The molecule has 6 nitrogen and oxygen atoms in total. The standard InChI is InChI=1S/C16H14N4O2/c21-16(22)12-10-19-20-14(12)15-13(7-4-8-17-15)18-9-11-5-2-1-3-6-11/h1-8,10,18H,9H2,(H,19,20)(H,21,22). The molecule has 3 aromatic rings. The lowest BCUT2D eigenvalue weighted by Gasteiger charge is -2.10. The lowest BCUT2D eigenvalue weighted by atomic mass is 10.1. The van der Waals surface area contributed by atoms with E-state index in [0.717, 1.165) is 11.3 Å². The average molecular weight is 294 g/mol. The van der Waals surface area contributed by atoms with Crippen molar-refractivity contribution in [2.24, 2.45) is 0 Å². The van der Waals surface area contributed by atoms with Crippen molar-refractivity contribution in [2.45, 2.75) is 6.54 Å². The number of carboxylic acid groups (broad SMARTS) is 1. The van der Waals surface area contributed by atoms with Crippen LogP contribution in [0.4, 0.5) is 5.69 Å². The van der Waals surface area contributed by atoms with Crippen LogP contribution in [0.15, 0.2) is 54.9 Å². The molecule has 3 N–H and O–H groups in total. The number of rotatable bonds is 5. The Bertz CT molecular complexity index is 784. The Morgan fingerprint density at radius 2 is 2.00 bits per heavy atom. The number of carboxylic acids is 1. The molecule has 2 aromatic heterocycles. The van der Waals surface area contributed by atoms with Crippen molar-refractivity contribution in [1.82, 2.24) is 15.2 Å². The maximum absolute atomic E-state index is 11.2.